The van der Waals surface area contributed by atoms with Crippen molar-refractivity contribution >= 4 is 11.6 Å². The fraction of sp³-hybridized carbons (Fsp3) is 0.0625. The van der Waals surface area contributed by atoms with E-state index in [2.05, 4.69) is 15.3 Å². The van der Waals surface area contributed by atoms with Crippen molar-refractivity contribution in [3.8, 4) is 11.6 Å². The highest BCUT2D eigenvalue weighted by atomic mass is 16.5. The minimum atomic E-state index is -0.279. The maximum absolute atomic E-state index is 12.0. The zero-order chi connectivity index (χ0) is 15.4. The Morgan fingerprint density at radius 3 is 2.59 bits per heavy atom. The third kappa shape index (κ3) is 3.29. The second-order valence-electron chi connectivity index (χ2n) is 4.68. The standard InChI is InChI=1S/C16H14N4O2/c1-20-10-14(18-11-20)16(21)19-12-7-8-15(17-9-12)22-13-5-3-2-4-6-13/h2-11H,1H3,(H,19,21). The van der Waals surface area contributed by atoms with Gasteiger partial charge in [0.15, 0.2) is 0 Å². The first-order valence-electron chi connectivity index (χ1n) is 6.69. The number of aromatic nitrogens is 3. The van der Waals surface area contributed by atoms with Gasteiger partial charge in [0, 0.05) is 19.3 Å². The Morgan fingerprint density at radius 2 is 1.95 bits per heavy atom. The lowest BCUT2D eigenvalue weighted by Crippen LogP contribution is -2.12. The van der Waals surface area contributed by atoms with Crippen LogP contribution >= 0.6 is 0 Å². The third-order valence-corrected chi connectivity index (χ3v) is 2.90. The van der Waals surface area contributed by atoms with E-state index in [0.29, 0.717) is 23.0 Å². The van der Waals surface area contributed by atoms with Crippen LogP contribution in [0.15, 0.2) is 61.2 Å². The molecule has 0 radical (unpaired) electrons. The van der Waals surface area contributed by atoms with Crippen molar-refractivity contribution < 1.29 is 9.53 Å². The molecule has 0 aliphatic heterocycles. The molecule has 2 aromatic heterocycles. The van der Waals surface area contributed by atoms with Crippen molar-refractivity contribution in [2.24, 2.45) is 7.05 Å². The highest BCUT2D eigenvalue weighted by Crippen LogP contribution is 2.19. The van der Waals surface area contributed by atoms with Gasteiger partial charge in [0.1, 0.15) is 11.4 Å². The fourth-order valence-corrected chi connectivity index (χ4v) is 1.85. The molecule has 1 aromatic carbocycles. The van der Waals surface area contributed by atoms with Gasteiger partial charge in [-0.1, -0.05) is 18.2 Å². The predicted octanol–water partition coefficient (Wildman–Crippen LogP) is 2.86. The normalized spacial score (nSPS) is 10.2. The van der Waals surface area contributed by atoms with Gasteiger partial charge in [-0.25, -0.2) is 9.97 Å². The summed E-state index contributed by atoms with van der Waals surface area (Å²) in [5, 5.41) is 2.73. The minimum Gasteiger partial charge on any atom is -0.439 e. The van der Waals surface area contributed by atoms with Crippen LogP contribution in [0.25, 0.3) is 0 Å². The molecule has 0 spiro atoms. The molecule has 1 amide bonds. The first-order valence-corrected chi connectivity index (χ1v) is 6.69. The summed E-state index contributed by atoms with van der Waals surface area (Å²) in [5.41, 5.74) is 0.933. The van der Waals surface area contributed by atoms with Gasteiger partial charge in [0.2, 0.25) is 5.88 Å². The lowest BCUT2D eigenvalue weighted by atomic mass is 10.3. The second-order valence-corrected chi connectivity index (χ2v) is 4.68. The van der Waals surface area contributed by atoms with Crippen molar-refractivity contribution in [2.45, 2.75) is 0 Å². The molecule has 0 bridgehead atoms. The molecular formula is C16H14N4O2. The van der Waals surface area contributed by atoms with Crippen LogP contribution in [0.5, 0.6) is 11.6 Å². The van der Waals surface area contributed by atoms with Crippen LogP contribution in [0.2, 0.25) is 0 Å². The second kappa shape index (κ2) is 6.09. The summed E-state index contributed by atoms with van der Waals surface area (Å²) in [6.45, 7) is 0. The summed E-state index contributed by atoms with van der Waals surface area (Å²) >= 11 is 0. The number of ether oxygens (including phenoxy) is 1. The zero-order valence-corrected chi connectivity index (χ0v) is 11.9. The molecule has 6 heteroatoms. The molecule has 0 unspecified atom stereocenters. The van der Waals surface area contributed by atoms with Crippen LogP contribution in [-0.4, -0.2) is 20.4 Å². The van der Waals surface area contributed by atoms with Gasteiger partial charge in [0.25, 0.3) is 5.91 Å². The molecular weight excluding hydrogens is 280 g/mol. The van der Waals surface area contributed by atoms with E-state index in [9.17, 15) is 4.79 Å². The summed E-state index contributed by atoms with van der Waals surface area (Å²) in [6, 6.07) is 12.8. The van der Waals surface area contributed by atoms with Gasteiger partial charge < -0.3 is 14.6 Å². The lowest BCUT2D eigenvalue weighted by Gasteiger charge is -2.06. The van der Waals surface area contributed by atoms with Crippen LogP contribution in [0.4, 0.5) is 5.69 Å². The maximum Gasteiger partial charge on any atom is 0.275 e. The van der Waals surface area contributed by atoms with Gasteiger partial charge in [-0.05, 0) is 18.2 Å². The van der Waals surface area contributed by atoms with Crippen molar-refractivity contribution in [2.75, 3.05) is 5.32 Å². The number of nitrogens with zero attached hydrogens (tertiary/aromatic N) is 3. The van der Waals surface area contributed by atoms with Crippen molar-refractivity contribution in [3.63, 3.8) is 0 Å². The minimum absolute atomic E-state index is 0.279. The molecule has 0 atom stereocenters. The number of imidazole rings is 1. The average Bonchev–Trinajstić information content (AvgIpc) is 2.97. The van der Waals surface area contributed by atoms with Crippen LogP contribution in [-0.2, 0) is 7.05 Å². The van der Waals surface area contributed by atoms with E-state index in [0.717, 1.165) is 0 Å². The Balaban J connectivity index is 1.65. The van der Waals surface area contributed by atoms with Crippen molar-refractivity contribution in [1.29, 1.82) is 0 Å². The lowest BCUT2D eigenvalue weighted by molar-refractivity contribution is 0.102. The summed E-state index contributed by atoms with van der Waals surface area (Å²) < 4.78 is 7.30. The average molecular weight is 294 g/mol. The number of amides is 1. The molecule has 0 saturated heterocycles. The molecule has 0 saturated carbocycles. The van der Waals surface area contributed by atoms with Crippen LogP contribution in [0.1, 0.15) is 10.5 Å². The number of para-hydroxylation sites is 1. The summed E-state index contributed by atoms with van der Waals surface area (Å²) in [4.78, 5) is 20.1. The highest BCUT2D eigenvalue weighted by Gasteiger charge is 2.09. The SMILES string of the molecule is Cn1cnc(C(=O)Nc2ccc(Oc3ccccc3)nc2)c1. The van der Waals surface area contributed by atoms with Gasteiger partial charge >= 0.3 is 0 Å². The van der Waals surface area contributed by atoms with E-state index >= 15 is 0 Å². The number of nitrogens with one attached hydrogen (secondary N) is 1. The summed E-state index contributed by atoms with van der Waals surface area (Å²) in [6.07, 6.45) is 4.76. The maximum atomic E-state index is 12.0. The van der Waals surface area contributed by atoms with E-state index in [1.807, 2.05) is 30.3 Å². The van der Waals surface area contributed by atoms with Gasteiger partial charge in [-0.2, -0.15) is 0 Å². The van der Waals surface area contributed by atoms with Gasteiger partial charge in [-0.3, -0.25) is 4.79 Å². The Hall–Kier alpha value is -3.15. The number of anilines is 1. The molecule has 22 heavy (non-hydrogen) atoms. The summed E-state index contributed by atoms with van der Waals surface area (Å²) in [7, 11) is 1.81. The van der Waals surface area contributed by atoms with Crippen LogP contribution < -0.4 is 10.1 Å². The number of benzene rings is 1. The molecule has 6 nitrogen and oxygen atoms in total. The first-order chi connectivity index (χ1) is 10.7. The smallest absolute Gasteiger partial charge is 0.275 e. The summed E-state index contributed by atoms with van der Waals surface area (Å²) in [5.74, 6) is 0.890. The zero-order valence-electron chi connectivity index (χ0n) is 11.9. The van der Waals surface area contributed by atoms with E-state index in [4.69, 9.17) is 4.74 Å². The Kier molecular flexibility index (Phi) is 3.82. The number of carbonyl (C=O) groups is 1. The molecule has 2 heterocycles. The van der Waals surface area contributed by atoms with E-state index in [-0.39, 0.29) is 5.91 Å². The molecule has 0 fully saturated rings. The largest absolute Gasteiger partial charge is 0.439 e. The molecule has 1 N–H and O–H groups in total. The molecule has 3 aromatic rings. The van der Waals surface area contributed by atoms with Gasteiger partial charge in [-0.15, -0.1) is 0 Å². The molecule has 3 rings (SSSR count). The van der Waals surface area contributed by atoms with Crippen LogP contribution in [0, 0.1) is 0 Å². The van der Waals surface area contributed by atoms with Crippen LogP contribution in [0.3, 0.4) is 0 Å². The number of pyridine rings is 1. The number of hydrogen-bond acceptors (Lipinski definition) is 4. The monoisotopic (exact) mass is 294 g/mol. The fourth-order valence-electron chi connectivity index (χ4n) is 1.85. The Bertz CT molecular complexity index is 766. The van der Waals surface area contributed by atoms with Gasteiger partial charge in [0.05, 0.1) is 18.2 Å². The molecule has 110 valence electrons. The highest BCUT2D eigenvalue weighted by molar-refractivity contribution is 6.02. The Morgan fingerprint density at radius 1 is 1.14 bits per heavy atom. The topological polar surface area (TPSA) is 69.0 Å². The number of carbonyl (C=O) groups excluding carboxylic acids is 1. The van der Waals surface area contributed by atoms with Crippen molar-refractivity contribution in [3.05, 3.63) is 66.9 Å². The third-order valence-electron chi connectivity index (χ3n) is 2.90. The van der Waals surface area contributed by atoms with E-state index in [1.54, 1.807) is 42.5 Å². The van der Waals surface area contributed by atoms with Crippen molar-refractivity contribution in [1.82, 2.24) is 14.5 Å². The quantitative estimate of drug-likeness (QED) is 0.803. The number of hydrogen-bond donors (Lipinski definition) is 1. The Labute approximate surface area is 127 Å². The first kappa shape index (κ1) is 13.8. The van der Waals surface area contributed by atoms with E-state index < -0.39 is 0 Å². The molecule has 0 aliphatic rings. The predicted molar refractivity (Wildman–Crippen MR) is 81.9 cm³/mol. The number of rotatable bonds is 4. The molecule has 0 aliphatic carbocycles. The number of aryl methyl sites for hydroxylation is 1. The van der Waals surface area contributed by atoms with E-state index in [1.165, 1.54) is 0 Å².